The number of carbonyl (C=O) groups excluding carboxylic acids is 1. The van der Waals surface area contributed by atoms with Crippen molar-refractivity contribution < 1.29 is 13.9 Å². The molecule has 2 heterocycles. The molecule has 0 aliphatic carbocycles. The lowest BCUT2D eigenvalue weighted by molar-refractivity contribution is 0.0193. The molecule has 2 atom stereocenters. The summed E-state index contributed by atoms with van der Waals surface area (Å²) in [7, 11) is 1.69. The normalized spacial score (nSPS) is 21.3. The number of carbonyl (C=O) groups is 1. The lowest BCUT2D eigenvalue weighted by Crippen LogP contribution is -2.58. The Balaban J connectivity index is 1.82. The van der Waals surface area contributed by atoms with Crippen molar-refractivity contribution >= 4 is 28.4 Å². The van der Waals surface area contributed by atoms with Crippen LogP contribution in [0.5, 0.6) is 0 Å². The largest absolute Gasteiger partial charge is 0.383 e. The summed E-state index contributed by atoms with van der Waals surface area (Å²) in [6.45, 7) is 6.95. The topological polar surface area (TPSA) is 45.7 Å². The minimum absolute atomic E-state index is 0.107. The highest BCUT2D eigenvalue weighted by Gasteiger charge is 2.32. The second-order valence-corrected chi connectivity index (χ2v) is 7.16. The van der Waals surface area contributed by atoms with Crippen molar-refractivity contribution in [2.75, 3.05) is 33.4 Å². The van der Waals surface area contributed by atoms with Gasteiger partial charge in [-0.3, -0.25) is 9.69 Å². The van der Waals surface area contributed by atoms with Crippen LogP contribution in [0.25, 0.3) is 10.9 Å². The molecule has 0 spiro atoms. The van der Waals surface area contributed by atoms with E-state index in [1.54, 1.807) is 19.2 Å². The number of methoxy groups -OCH3 is 1. The van der Waals surface area contributed by atoms with Crippen LogP contribution in [0, 0.1) is 5.82 Å². The number of fused-ring (bicyclic) bond motifs is 1. The third-order valence-electron chi connectivity index (χ3n) is 4.91. The van der Waals surface area contributed by atoms with Crippen molar-refractivity contribution in [2.45, 2.75) is 25.9 Å². The van der Waals surface area contributed by atoms with E-state index in [4.69, 9.17) is 16.3 Å². The molecule has 2 unspecified atom stereocenters. The molecule has 1 aromatic heterocycles. The van der Waals surface area contributed by atoms with Gasteiger partial charge >= 0.3 is 0 Å². The fourth-order valence-corrected chi connectivity index (χ4v) is 3.82. The Hall–Kier alpha value is -1.76. The molecule has 1 aromatic carbocycles. The highest BCUT2D eigenvalue weighted by atomic mass is 35.5. The van der Waals surface area contributed by atoms with E-state index in [9.17, 15) is 9.18 Å². The highest BCUT2D eigenvalue weighted by molar-refractivity contribution is 6.33. The van der Waals surface area contributed by atoms with E-state index in [0.717, 1.165) is 6.54 Å². The van der Waals surface area contributed by atoms with Gasteiger partial charge in [0.25, 0.3) is 5.91 Å². The Morgan fingerprint density at radius 3 is 2.65 bits per heavy atom. The van der Waals surface area contributed by atoms with Gasteiger partial charge in [0.2, 0.25) is 0 Å². The molecular formula is C19H23ClFN3O2. The smallest absolute Gasteiger partial charge is 0.257 e. The van der Waals surface area contributed by atoms with E-state index in [0.29, 0.717) is 36.2 Å². The van der Waals surface area contributed by atoms with Gasteiger partial charge in [-0.15, -0.1) is 0 Å². The minimum atomic E-state index is -0.380. The zero-order valence-corrected chi connectivity index (χ0v) is 16.0. The van der Waals surface area contributed by atoms with Crippen molar-refractivity contribution in [3.8, 4) is 0 Å². The molecular weight excluding hydrogens is 357 g/mol. The summed E-state index contributed by atoms with van der Waals surface area (Å²) < 4.78 is 18.5. The lowest BCUT2D eigenvalue weighted by atomic mass is 10.1. The summed E-state index contributed by atoms with van der Waals surface area (Å²) in [6, 6.07) is 6.41. The third kappa shape index (κ3) is 3.82. The van der Waals surface area contributed by atoms with Crippen LogP contribution in [0.3, 0.4) is 0 Å². The quantitative estimate of drug-likeness (QED) is 0.765. The van der Waals surface area contributed by atoms with Gasteiger partial charge in [-0.1, -0.05) is 11.6 Å². The van der Waals surface area contributed by atoms with Crippen LogP contribution < -0.4 is 0 Å². The summed E-state index contributed by atoms with van der Waals surface area (Å²) >= 11 is 6.23. The fraction of sp³-hybridized carbons (Fsp3) is 0.474. The fourth-order valence-electron chi connectivity index (χ4n) is 3.60. The summed E-state index contributed by atoms with van der Waals surface area (Å²) in [5.41, 5.74) is 0.799. The molecule has 7 heteroatoms. The summed E-state index contributed by atoms with van der Waals surface area (Å²) in [5.74, 6) is -0.520. The van der Waals surface area contributed by atoms with E-state index in [1.165, 1.54) is 12.1 Å². The average molecular weight is 380 g/mol. The molecule has 0 radical (unpaired) electrons. The van der Waals surface area contributed by atoms with Crippen molar-refractivity contribution in [1.82, 2.24) is 14.8 Å². The third-order valence-corrected chi connectivity index (χ3v) is 5.19. The van der Waals surface area contributed by atoms with Crippen molar-refractivity contribution in [3.05, 3.63) is 40.8 Å². The molecule has 0 bridgehead atoms. The maximum Gasteiger partial charge on any atom is 0.257 e. The number of amides is 1. The van der Waals surface area contributed by atoms with Crippen molar-refractivity contribution in [2.24, 2.45) is 0 Å². The Labute approximate surface area is 157 Å². The van der Waals surface area contributed by atoms with Gasteiger partial charge in [-0.25, -0.2) is 9.37 Å². The molecule has 0 saturated carbocycles. The Bertz CT molecular complexity index is 805. The first-order valence-electron chi connectivity index (χ1n) is 8.70. The molecule has 1 amide bonds. The van der Waals surface area contributed by atoms with Gasteiger partial charge < -0.3 is 9.64 Å². The predicted octanol–water partition coefficient (Wildman–Crippen LogP) is 3.21. The maximum atomic E-state index is 13.4. The van der Waals surface area contributed by atoms with Gasteiger partial charge in [0.05, 0.1) is 17.7 Å². The number of rotatable bonds is 4. The molecule has 1 aliphatic heterocycles. The van der Waals surface area contributed by atoms with Gasteiger partial charge in [-0.2, -0.15) is 0 Å². The first kappa shape index (κ1) is 19.0. The van der Waals surface area contributed by atoms with Crippen LogP contribution in [0.15, 0.2) is 24.3 Å². The number of hydrogen-bond acceptors (Lipinski definition) is 4. The Morgan fingerprint density at radius 1 is 1.31 bits per heavy atom. The van der Waals surface area contributed by atoms with Crippen LogP contribution in [0.4, 0.5) is 4.39 Å². The molecule has 1 aliphatic rings. The summed E-state index contributed by atoms with van der Waals surface area (Å²) in [5, 5.41) is 0.800. The van der Waals surface area contributed by atoms with E-state index in [1.807, 2.05) is 4.90 Å². The average Bonchev–Trinajstić information content (AvgIpc) is 2.59. The van der Waals surface area contributed by atoms with Gasteiger partial charge in [0.1, 0.15) is 11.0 Å². The highest BCUT2D eigenvalue weighted by Crippen LogP contribution is 2.25. The zero-order chi connectivity index (χ0) is 18.8. The monoisotopic (exact) mass is 379 g/mol. The number of nitrogens with zero attached hydrogens (tertiary/aromatic N) is 3. The van der Waals surface area contributed by atoms with E-state index >= 15 is 0 Å². The Kier molecular flexibility index (Phi) is 5.75. The first-order valence-corrected chi connectivity index (χ1v) is 9.08. The second-order valence-electron chi connectivity index (χ2n) is 6.80. The van der Waals surface area contributed by atoms with E-state index in [2.05, 4.69) is 23.7 Å². The lowest BCUT2D eigenvalue weighted by Gasteiger charge is -2.44. The number of benzene rings is 1. The molecule has 5 nitrogen and oxygen atoms in total. The van der Waals surface area contributed by atoms with Gasteiger partial charge in [-0.05, 0) is 32.0 Å². The second kappa shape index (κ2) is 7.86. The number of piperazine rings is 1. The maximum absolute atomic E-state index is 13.4. The molecule has 26 heavy (non-hydrogen) atoms. The van der Waals surface area contributed by atoms with Crippen molar-refractivity contribution in [3.63, 3.8) is 0 Å². The summed E-state index contributed by atoms with van der Waals surface area (Å²) in [6.07, 6.45) is 0. The Morgan fingerprint density at radius 2 is 2.00 bits per heavy atom. The van der Waals surface area contributed by atoms with E-state index < -0.39 is 0 Å². The standard InChI is InChI=1S/C19H23ClFN3O2/c1-12-10-23(11-13(2)24(12)6-7-26-3)19(25)16-8-14-4-5-15(21)9-17(14)22-18(16)20/h4-5,8-9,12-13H,6-7,10-11H2,1-3H3. The van der Waals surface area contributed by atoms with Crippen LogP contribution in [-0.2, 0) is 4.74 Å². The minimum Gasteiger partial charge on any atom is -0.383 e. The first-order chi connectivity index (χ1) is 12.4. The van der Waals surface area contributed by atoms with Crippen LogP contribution >= 0.6 is 11.6 Å². The molecule has 140 valence electrons. The molecule has 1 fully saturated rings. The number of aromatic nitrogens is 1. The number of hydrogen-bond donors (Lipinski definition) is 0. The van der Waals surface area contributed by atoms with Crippen LogP contribution in [-0.4, -0.2) is 66.1 Å². The van der Waals surface area contributed by atoms with Gasteiger partial charge in [0.15, 0.2) is 0 Å². The zero-order valence-electron chi connectivity index (χ0n) is 15.2. The SMILES string of the molecule is COCCN1C(C)CN(C(=O)c2cc3ccc(F)cc3nc2Cl)CC1C. The number of ether oxygens (including phenoxy) is 1. The molecule has 1 saturated heterocycles. The molecule has 2 aromatic rings. The van der Waals surface area contributed by atoms with Crippen LogP contribution in [0.2, 0.25) is 5.15 Å². The summed E-state index contributed by atoms with van der Waals surface area (Å²) in [4.78, 5) is 21.4. The molecule has 3 rings (SSSR count). The van der Waals surface area contributed by atoms with E-state index in [-0.39, 0.29) is 29.0 Å². The van der Waals surface area contributed by atoms with Crippen LogP contribution in [0.1, 0.15) is 24.2 Å². The molecule has 0 N–H and O–H groups in total. The number of pyridine rings is 1. The van der Waals surface area contributed by atoms with Gasteiger partial charge in [0, 0.05) is 50.3 Å². The van der Waals surface area contributed by atoms with Crippen molar-refractivity contribution in [1.29, 1.82) is 0 Å². The predicted molar refractivity (Wildman–Crippen MR) is 100 cm³/mol. The number of halogens is 2.